The van der Waals surface area contributed by atoms with Crippen molar-refractivity contribution in [3.8, 4) is 17.2 Å². The second-order valence-electron chi connectivity index (χ2n) is 3.79. The van der Waals surface area contributed by atoms with Crippen molar-refractivity contribution >= 4 is 12.6 Å². The summed E-state index contributed by atoms with van der Waals surface area (Å²) in [5.41, 5.74) is 0.945. The van der Waals surface area contributed by atoms with E-state index in [1.165, 1.54) is 0 Å². The molecule has 84 valence electrons. The highest BCUT2D eigenvalue weighted by molar-refractivity contribution is 6.63. The smallest absolute Gasteiger partial charge is 0.519 e. The van der Waals surface area contributed by atoms with Crippen LogP contribution in [-0.4, -0.2) is 14.2 Å². The summed E-state index contributed by atoms with van der Waals surface area (Å²) >= 11 is 0. The molecule has 1 aliphatic rings. The van der Waals surface area contributed by atoms with Gasteiger partial charge in [0.15, 0.2) is 0 Å². The van der Waals surface area contributed by atoms with E-state index in [2.05, 4.69) is 0 Å². The first-order valence-electron chi connectivity index (χ1n) is 5.43. The van der Waals surface area contributed by atoms with Crippen molar-refractivity contribution in [3.63, 3.8) is 0 Å². The van der Waals surface area contributed by atoms with Gasteiger partial charge in [-0.3, -0.25) is 0 Å². The van der Waals surface area contributed by atoms with Gasteiger partial charge in [0.05, 0.1) is 7.11 Å². The van der Waals surface area contributed by atoms with E-state index in [4.69, 9.17) is 14.0 Å². The summed E-state index contributed by atoms with van der Waals surface area (Å²) in [6.45, 7) is 0. The molecule has 0 aliphatic carbocycles. The second kappa shape index (κ2) is 4.05. The fourth-order valence-electron chi connectivity index (χ4n) is 1.82. The van der Waals surface area contributed by atoms with Crippen LogP contribution in [0.5, 0.6) is 17.2 Å². The van der Waals surface area contributed by atoms with Gasteiger partial charge in [-0.25, -0.2) is 0 Å². The molecule has 4 heteroatoms. The summed E-state index contributed by atoms with van der Waals surface area (Å²) in [5, 5.41) is 0. The van der Waals surface area contributed by atoms with Crippen LogP contribution in [0.15, 0.2) is 48.5 Å². The maximum Gasteiger partial charge on any atom is 0.632 e. The largest absolute Gasteiger partial charge is 0.632 e. The Bertz CT molecular complexity index is 517. The summed E-state index contributed by atoms with van der Waals surface area (Å²) in [4.78, 5) is 0. The van der Waals surface area contributed by atoms with Gasteiger partial charge in [-0.15, -0.1) is 0 Å². The Morgan fingerprint density at radius 1 is 0.941 bits per heavy atom. The molecule has 0 fully saturated rings. The second-order valence-corrected chi connectivity index (χ2v) is 3.79. The van der Waals surface area contributed by atoms with Gasteiger partial charge in [-0.1, -0.05) is 24.3 Å². The molecule has 0 atom stereocenters. The third-order valence-electron chi connectivity index (χ3n) is 2.68. The number of hydrogen-bond donors (Lipinski definition) is 0. The van der Waals surface area contributed by atoms with E-state index in [0.29, 0.717) is 0 Å². The summed E-state index contributed by atoms with van der Waals surface area (Å²) in [6.07, 6.45) is 0. The molecule has 0 spiro atoms. The van der Waals surface area contributed by atoms with Crippen molar-refractivity contribution in [2.75, 3.05) is 7.11 Å². The molecule has 0 saturated carbocycles. The molecule has 1 aliphatic heterocycles. The van der Waals surface area contributed by atoms with Crippen molar-refractivity contribution in [2.24, 2.45) is 0 Å². The number of ether oxygens (including phenoxy) is 1. The van der Waals surface area contributed by atoms with Crippen LogP contribution in [0.2, 0.25) is 0 Å². The lowest BCUT2D eigenvalue weighted by Crippen LogP contribution is -2.38. The number of hydrogen-bond acceptors (Lipinski definition) is 3. The molecule has 2 aromatic rings. The molecule has 0 unspecified atom stereocenters. The van der Waals surface area contributed by atoms with Crippen LogP contribution in [0.1, 0.15) is 0 Å². The van der Waals surface area contributed by atoms with Crippen LogP contribution in [0.4, 0.5) is 0 Å². The van der Waals surface area contributed by atoms with Crippen LogP contribution < -0.4 is 19.5 Å². The average Bonchev–Trinajstić information content (AvgIpc) is 2.82. The Hall–Kier alpha value is -2.10. The molecular formula is C13H11BO3. The highest BCUT2D eigenvalue weighted by Gasteiger charge is 2.33. The summed E-state index contributed by atoms with van der Waals surface area (Å²) < 4.78 is 16.6. The molecule has 0 radical (unpaired) electrons. The Morgan fingerprint density at radius 2 is 1.65 bits per heavy atom. The van der Waals surface area contributed by atoms with Crippen LogP contribution in [0.25, 0.3) is 0 Å². The van der Waals surface area contributed by atoms with Crippen molar-refractivity contribution in [1.29, 1.82) is 0 Å². The number of benzene rings is 2. The minimum Gasteiger partial charge on any atom is -0.519 e. The zero-order valence-corrected chi connectivity index (χ0v) is 9.42. The number of methoxy groups -OCH3 is 1. The first-order chi connectivity index (χ1) is 8.36. The van der Waals surface area contributed by atoms with E-state index >= 15 is 0 Å². The van der Waals surface area contributed by atoms with E-state index < -0.39 is 0 Å². The number of para-hydroxylation sites is 2. The first kappa shape index (κ1) is 10.1. The molecule has 1 heterocycles. The molecule has 17 heavy (non-hydrogen) atoms. The van der Waals surface area contributed by atoms with Gasteiger partial charge in [0.2, 0.25) is 0 Å². The summed E-state index contributed by atoms with van der Waals surface area (Å²) in [6, 6.07) is 15.3. The van der Waals surface area contributed by atoms with Crippen molar-refractivity contribution in [3.05, 3.63) is 48.5 Å². The lowest BCUT2D eigenvalue weighted by atomic mass is 9.79. The van der Waals surface area contributed by atoms with E-state index in [0.717, 1.165) is 22.7 Å². The topological polar surface area (TPSA) is 27.7 Å². The number of rotatable bonds is 2. The molecule has 3 rings (SSSR count). The van der Waals surface area contributed by atoms with Crippen molar-refractivity contribution < 1.29 is 14.0 Å². The average molecular weight is 226 g/mol. The van der Waals surface area contributed by atoms with Gasteiger partial charge >= 0.3 is 7.12 Å². The molecular weight excluding hydrogens is 215 g/mol. The quantitative estimate of drug-likeness (QED) is 0.731. The molecule has 0 amide bonds. The van der Waals surface area contributed by atoms with Gasteiger partial charge in [0.25, 0.3) is 0 Å². The Balaban J connectivity index is 1.88. The first-order valence-corrected chi connectivity index (χ1v) is 5.43. The Labute approximate surface area is 100 Å². The summed E-state index contributed by atoms with van der Waals surface area (Å²) in [5.74, 6) is 2.35. The maximum atomic E-state index is 5.71. The number of fused-ring (bicyclic) bond motifs is 1. The van der Waals surface area contributed by atoms with Gasteiger partial charge in [-0.2, -0.15) is 0 Å². The molecule has 0 saturated heterocycles. The van der Waals surface area contributed by atoms with Crippen LogP contribution in [-0.2, 0) is 0 Å². The van der Waals surface area contributed by atoms with Gasteiger partial charge < -0.3 is 14.0 Å². The predicted octanol–water partition coefficient (Wildman–Crippen LogP) is 1.86. The zero-order chi connectivity index (χ0) is 11.7. The molecule has 0 aromatic heterocycles. The fourth-order valence-corrected chi connectivity index (χ4v) is 1.82. The third kappa shape index (κ3) is 1.82. The van der Waals surface area contributed by atoms with Crippen molar-refractivity contribution in [1.82, 2.24) is 0 Å². The van der Waals surface area contributed by atoms with E-state index in [1.807, 2.05) is 48.5 Å². The van der Waals surface area contributed by atoms with E-state index in [9.17, 15) is 0 Å². The van der Waals surface area contributed by atoms with Gasteiger partial charge in [-0.05, 0) is 24.3 Å². The zero-order valence-electron chi connectivity index (χ0n) is 9.42. The van der Waals surface area contributed by atoms with E-state index in [-0.39, 0.29) is 7.12 Å². The SMILES string of the molecule is COc1cccc(B2Oc3ccccc3O2)c1. The Morgan fingerprint density at radius 3 is 2.29 bits per heavy atom. The summed E-state index contributed by atoms with van der Waals surface area (Å²) in [7, 11) is 1.26. The molecule has 0 N–H and O–H groups in total. The molecule has 0 bridgehead atoms. The van der Waals surface area contributed by atoms with Crippen LogP contribution in [0, 0.1) is 0 Å². The minimum absolute atomic E-state index is 0.387. The fraction of sp³-hybridized carbons (Fsp3) is 0.0769. The standard InChI is InChI=1S/C13H11BO3/c1-15-11-6-4-5-10(9-11)14-16-12-7-2-3-8-13(12)17-14/h2-9H,1H3. The van der Waals surface area contributed by atoms with E-state index in [1.54, 1.807) is 7.11 Å². The highest BCUT2D eigenvalue weighted by atomic mass is 16.6. The minimum atomic E-state index is -0.387. The normalized spacial score (nSPS) is 12.6. The lowest BCUT2D eigenvalue weighted by Gasteiger charge is -2.06. The highest BCUT2D eigenvalue weighted by Crippen LogP contribution is 2.32. The van der Waals surface area contributed by atoms with Gasteiger partial charge in [0, 0.05) is 5.46 Å². The molecule has 3 nitrogen and oxygen atoms in total. The van der Waals surface area contributed by atoms with Crippen molar-refractivity contribution in [2.45, 2.75) is 0 Å². The maximum absolute atomic E-state index is 5.71. The Kier molecular flexibility index (Phi) is 2.40. The molecule has 2 aromatic carbocycles. The lowest BCUT2D eigenvalue weighted by molar-refractivity contribution is 0.415. The monoisotopic (exact) mass is 226 g/mol. The van der Waals surface area contributed by atoms with Crippen LogP contribution >= 0.6 is 0 Å². The predicted molar refractivity (Wildman–Crippen MR) is 66.1 cm³/mol. The van der Waals surface area contributed by atoms with Crippen LogP contribution in [0.3, 0.4) is 0 Å². The third-order valence-corrected chi connectivity index (χ3v) is 2.68. The van der Waals surface area contributed by atoms with Gasteiger partial charge in [0.1, 0.15) is 17.2 Å².